The first-order valence-electron chi connectivity index (χ1n) is 11.0. The Morgan fingerprint density at radius 2 is 1.25 bits per heavy atom. The fourth-order valence-electron chi connectivity index (χ4n) is 5.41. The molecule has 3 rings (SSSR count). The average molecular weight is 493 g/mol. The van der Waals surface area contributed by atoms with Crippen LogP contribution in [0.1, 0.15) is 33.6 Å². The van der Waals surface area contributed by atoms with Crippen LogP contribution in [0.15, 0.2) is 0 Å². The predicted octanol–water partition coefficient (Wildman–Crippen LogP) is 2.65. The van der Waals surface area contributed by atoms with Gasteiger partial charge in [0, 0.05) is 39.4 Å². The van der Waals surface area contributed by atoms with Crippen LogP contribution in [0, 0.1) is 0 Å². The van der Waals surface area contributed by atoms with E-state index in [1.807, 2.05) is 20.8 Å². The van der Waals surface area contributed by atoms with E-state index in [2.05, 4.69) is 0 Å². The smallest absolute Gasteiger partial charge is 0.327 e. The van der Waals surface area contributed by atoms with E-state index in [1.165, 1.54) is 0 Å². The first-order valence-corrected chi connectivity index (χ1v) is 13.1. The summed E-state index contributed by atoms with van der Waals surface area (Å²) in [6.45, 7) is 6.66. The lowest BCUT2D eigenvalue weighted by Crippen LogP contribution is -2.68. The van der Waals surface area contributed by atoms with Crippen molar-refractivity contribution in [1.82, 2.24) is 19.6 Å². The molecule has 4 amide bonds. The molecule has 0 aromatic carbocycles. The van der Waals surface area contributed by atoms with Crippen LogP contribution < -0.4 is 0 Å². The third-order valence-corrected chi connectivity index (χ3v) is 9.48. The highest BCUT2D eigenvalue weighted by atomic mass is 32.2. The van der Waals surface area contributed by atoms with Crippen molar-refractivity contribution in [2.75, 3.05) is 59.6 Å². The van der Waals surface area contributed by atoms with Crippen molar-refractivity contribution in [3.63, 3.8) is 0 Å². The number of methoxy groups -OCH3 is 3. The van der Waals surface area contributed by atoms with Gasteiger partial charge in [-0.25, -0.2) is 9.59 Å². The van der Waals surface area contributed by atoms with Crippen LogP contribution in [0.2, 0.25) is 0 Å². The molecule has 3 fully saturated rings. The van der Waals surface area contributed by atoms with E-state index in [-0.39, 0.29) is 43.1 Å². The molecule has 0 aliphatic carbocycles. The van der Waals surface area contributed by atoms with Gasteiger partial charge in [-0.15, -0.1) is 23.5 Å². The van der Waals surface area contributed by atoms with Gasteiger partial charge in [0.1, 0.15) is 31.1 Å². The van der Waals surface area contributed by atoms with E-state index >= 15 is 0 Å². The monoisotopic (exact) mass is 492 g/mol. The van der Waals surface area contributed by atoms with Crippen LogP contribution in [0.5, 0.6) is 0 Å². The third-order valence-electron chi connectivity index (χ3n) is 6.66. The number of amides is 4. The second kappa shape index (κ2) is 10.6. The highest BCUT2D eigenvalue weighted by Crippen LogP contribution is 2.54. The molecule has 0 spiro atoms. The Labute approximate surface area is 199 Å². The Hall–Kier alpha value is -0.920. The average Bonchev–Trinajstić information content (AvgIpc) is 3.14. The molecule has 3 heterocycles. The molecule has 0 bridgehead atoms. The van der Waals surface area contributed by atoms with Crippen LogP contribution in [0.25, 0.3) is 0 Å². The summed E-state index contributed by atoms with van der Waals surface area (Å²) in [5.74, 6) is 1.60. The number of likely N-dealkylation sites (N-methyl/N-ethyl adjacent to an activating group) is 1. The van der Waals surface area contributed by atoms with Crippen LogP contribution in [-0.4, -0.2) is 113 Å². The number of carbonyl (C=O) groups excluding carboxylic acids is 2. The largest absolute Gasteiger partial charge is 0.370 e. The molecule has 0 aromatic heterocycles. The predicted molar refractivity (Wildman–Crippen MR) is 124 cm³/mol. The van der Waals surface area contributed by atoms with Crippen LogP contribution >= 0.6 is 23.5 Å². The SMILES string of the molecule is CCN1C(=O)N(COC2CSC(OC)CS2)C2(CC)N(COC)C(=O)N(COC)C12CC. The highest BCUT2D eigenvalue weighted by Gasteiger charge is 2.76. The molecule has 0 saturated carbocycles. The number of carbonyl (C=O) groups is 2. The molecule has 10 nitrogen and oxygen atoms in total. The number of fused-ring (bicyclic) bond motifs is 1. The molecule has 0 radical (unpaired) electrons. The lowest BCUT2D eigenvalue weighted by Gasteiger charge is -2.48. The summed E-state index contributed by atoms with van der Waals surface area (Å²) in [6, 6.07) is -0.354. The van der Waals surface area contributed by atoms with E-state index in [1.54, 1.807) is 64.5 Å². The second-order valence-corrected chi connectivity index (χ2v) is 10.2. The van der Waals surface area contributed by atoms with Crippen LogP contribution in [-0.2, 0) is 18.9 Å². The van der Waals surface area contributed by atoms with E-state index in [0.29, 0.717) is 19.4 Å². The van der Waals surface area contributed by atoms with Gasteiger partial charge in [0.15, 0.2) is 11.3 Å². The Kier molecular flexibility index (Phi) is 8.48. The van der Waals surface area contributed by atoms with Crippen molar-refractivity contribution in [3.8, 4) is 0 Å². The molecule has 3 aliphatic rings. The molecule has 12 heteroatoms. The van der Waals surface area contributed by atoms with Crippen LogP contribution in [0.4, 0.5) is 9.59 Å². The molecular formula is C20H36N4O6S2. The van der Waals surface area contributed by atoms with Gasteiger partial charge in [-0.3, -0.25) is 19.6 Å². The molecule has 32 heavy (non-hydrogen) atoms. The Morgan fingerprint density at radius 3 is 1.69 bits per heavy atom. The molecular weight excluding hydrogens is 456 g/mol. The van der Waals surface area contributed by atoms with Crippen molar-refractivity contribution < 1.29 is 28.5 Å². The molecule has 3 saturated heterocycles. The minimum atomic E-state index is -0.942. The Bertz CT molecular complexity index is 682. The van der Waals surface area contributed by atoms with Gasteiger partial charge in [0.2, 0.25) is 0 Å². The second-order valence-electron chi connectivity index (χ2n) is 7.83. The Balaban J connectivity index is 1.98. The maximum absolute atomic E-state index is 13.7. The normalized spacial score (nSPS) is 32.9. The number of hydrogen-bond acceptors (Lipinski definition) is 8. The van der Waals surface area contributed by atoms with Gasteiger partial charge in [-0.05, 0) is 19.8 Å². The topological polar surface area (TPSA) is 84.0 Å². The number of rotatable bonds is 11. The Morgan fingerprint density at radius 1 is 0.781 bits per heavy atom. The minimum absolute atomic E-state index is 0.0529. The molecule has 0 aromatic rings. The van der Waals surface area contributed by atoms with Crippen molar-refractivity contribution in [3.05, 3.63) is 0 Å². The van der Waals surface area contributed by atoms with Gasteiger partial charge in [0.05, 0.1) is 0 Å². The fraction of sp³-hybridized carbons (Fsp3) is 0.900. The summed E-state index contributed by atoms with van der Waals surface area (Å²) < 4.78 is 22.5. The zero-order chi connectivity index (χ0) is 23.5. The summed E-state index contributed by atoms with van der Waals surface area (Å²) in [4.78, 5) is 34.2. The van der Waals surface area contributed by atoms with E-state index in [4.69, 9.17) is 18.9 Å². The van der Waals surface area contributed by atoms with Gasteiger partial charge in [0.25, 0.3) is 0 Å². The van der Waals surface area contributed by atoms with E-state index in [0.717, 1.165) is 11.5 Å². The van der Waals surface area contributed by atoms with Gasteiger partial charge in [-0.1, -0.05) is 13.8 Å². The van der Waals surface area contributed by atoms with Crippen molar-refractivity contribution in [2.24, 2.45) is 0 Å². The van der Waals surface area contributed by atoms with Crippen molar-refractivity contribution >= 4 is 35.6 Å². The van der Waals surface area contributed by atoms with Gasteiger partial charge < -0.3 is 18.9 Å². The summed E-state index contributed by atoms with van der Waals surface area (Å²) in [7, 11) is 4.83. The molecule has 4 unspecified atom stereocenters. The van der Waals surface area contributed by atoms with Crippen molar-refractivity contribution in [1.29, 1.82) is 0 Å². The highest BCUT2D eigenvalue weighted by molar-refractivity contribution is 8.06. The third kappa shape index (κ3) is 3.67. The number of hydrogen-bond donors (Lipinski definition) is 0. The summed E-state index contributed by atoms with van der Waals surface area (Å²) in [6.07, 6.45) is 1.08. The van der Waals surface area contributed by atoms with E-state index < -0.39 is 11.3 Å². The number of urea groups is 2. The maximum atomic E-state index is 13.7. The summed E-state index contributed by atoms with van der Waals surface area (Å²) in [5.41, 5.74) is -1.73. The molecule has 184 valence electrons. The molecule has 3 aliphatic heterocycles. The maximum Gasteiger partial charge on any atom is 0.327 e. The first-order chi connectivity index (χ1) is 15.4. The number of ether oxygens (including phenoxy) is 4. The first kappa shape index (κ1) is 25.7. The fourth-order valence-corrected chi connectivity index (χ4v) is 7.92. The number of nitrogens with zero attached hydrogens (tertiary/aromatic N) is 4. The summed E-state index contributed by atoms with van der Waals surface area (Å²) >= 11 is 3.40. The van der Waals surface area contributed by atoms with Crippen molar-refractivity contribution in [2.45, 2.75) is 55.8 Å². The summed E-state index contributed by atoms with van der Waals surface area (Å²) in [5, 5.41) is 0. The zero-order valence-electron chi connectivity index (χ0n) is 19.9. The standard InChI is InChI=1S/C20H36N4O6S2/c1-7-19-20(8-2,23(13-28-5)18(26)22(19)12-27-4)24(17(25)21(19)9-3)14-30-16-11-31-15(29-6)10-32-16/h15-16H,7-14H2,1-6H3. The van der Waals surface area contributed by atoms with Gasteiger partial charge in [-0.2, -0.15) is 0 Å². The van der Waals surface area contributed by atoms with Crippen LogP contribution in [0.3, 0.4) is 0 Å². The van der Waals surface area contributed by atoms with E-state index in [9.17, 15) is 9.59 Å². The lowest BCUT2D eigenvalue weighted by molar-refractivity contribution is -0.128. The number of thioether (sulfide) groups is 2. The molecule has 4 atom stereocenters. The van der Waals surface area contributed by atoms with Gasteiger partial charge >= 0.3 is 12.1 Å². The zero-order valence-corrected chi connectivity index (χ0v) is 21.5. The minimum Gasteiger partial charge on any atom is -0.370 e. The molecule has 0 N–H and O–H groups in total. The lowest BCUT2D eigenvalue weighted by atomic mass is 9.86. The quantitative estimate of drug-likeness (QED) is 0.435.